The molecular formula is C12H13FN2O4S. The molecule has 1 aromatic carbocycles. The molecule has 108 valence electrons. The van der Waals surface area contributed by atoms with Crippen molar-refractivity contribution in [3.05, 3.63) is 36.3 Å². The quantitative estimate of drug-likeness (QED) is 0.917. The van der Waals surface area contributed by atoms with Crippen LogP contribution in [0, 0.1) is 5.82 Å². The lowest BCUT2D eigenvalue weighted by Gasteiger charge is -2.14. The molecule has 0 radical (unpaired) electrons. The summed E-state index contributed by atoms with van der Waals surface area (Å²) in [5, 5.41) is 3.44. The van der Waals surface area contributed by atoms with E-state index >= 15 is 0 Å². The van der Waals surface area contributed by atoms with Gasteiger partial charge in [0.15, 0.2) is 5.82 Å². The number of hydrogen-bond donors (Lipinski definition) is 1. The maximum Gasteiger partial charge on any atom is 0.266 e. The van der Waals surface area contributed by atoms with Crippen molar-refractivity contribution in [3.63, 3.8) is 0 Å². The van der Waals surface area contributed by atoms with E-state index in [0.717, 1.165) is 12.1 Å². The molecule has 1 heterocycles. The van der Waals surface area contributed by atoms with E-state index in [9.17, 15) is 12.8 Å². The molecule has 0 aliphatic rings. The second-order valence-electron chi connectivity index (χ2n) is 4.25. The third-order valence-corrected chi connectivity index (χ3v) is 3.61. The molecule has 0 fully saturated rings. The first kappa shape index (κ1) is 14.3. The fraction of sp³-hybridized carbons (Fsp3) is 0.250. The van der Waals surface area contributed by atoms with E-state index in [2.05, 4.69) is 14.4 Å². The average Bonchev–Trinajstić information content (AvgIpc) is 2.82. The van der Waals surface area contributed by atoms with Gasteiger partial charge in [0, 0.05) is 6.07 Å². The van der Waals surface area contributed by atoms with Crippen LogP contribution in [0.3, 0.4) is 0 Å². The minimum absolute atomic E-state index is 0.00441. The summed E-state index contributed by atoms with van der Waals surface area (Å²) >= 11 is 0. The van der Waals surface area contributed by atoms with Crippen molar-refractivity contribution in [2.24, 2.45) is 0 Å². The van der Waals surface area contributed by atoms with Crippen LogP contribution in [0.1, 0.15) is 13.8 Å². The number of anilines is 1. The highest BCUT2D eigenvalue weighted by Gasteiger charge is 2.22. The van der Waals surface area contributed by atoms with Gasteiger partial charge in [-0.2, -0.15) is 0 Å². The van der Waals surface area contributed by atoms with Gasteiger partial charge in [-0.3, -0.25) is 4.72 Å². The number of nitrogens with zero attached hydrogens (tertiary/aromatic N) is 1. The van der Waals surface area contributed by atoms with Gasteiger partial charge in [0.2, 0.25) is 0 Å². The predicted molar refractivity (Wildman–Crippen MR) is 69.5 cm³/mol. The largest absolute Gasteiger partial charge is 0.490 e. The molecule has 0 spiro atoms. The summed E-state index contributed by atoms with van der Waals surface area (Å²) in [5.41, 5.74) is 0. The van der Waals surface area contributed by atoms with Crippen molar-refractivity contribution in [2.45, 2.75) is 24.8 Å². The Bertz CT molecular complexity index is 683. The van der Waals surface area contributed by atoms with E-state index in [4.69, 9.17) is 4.74 Å². The van der Waals surface area contributed by atoms with E-state index in [1.807, 2.05) is 0 Å². The van der Waals surface area contributed by atoms with Crippen molar-refractivity contribution in [3.8, 4) is 5.75 Å². The van der Waals surface area contributed by atoms with E-state index in [1.54, 1.807) is 13.8 Å². The van der Waals surface area contributed by atoms with Crippen molar-refractivity contribution in [1.29, 1.82) is 0 Å². The molecule has 2 rings (SSSR count). The van der Waals surface area contributed by atoms with Crippen LogP contribution in [0.4, 0.5) is 10.2 Å². The smallest absolute Gasteiger partial charge is 0.266 e. The SMILES string of the molecule is CC(C)Oc1ccc(F)cc1S(=O)(=O)Nc1ccon1. The normalized spacial score (nSPS) is 11.6. The first-order valence-corrected chi connectivity index (χ1v) is 7.26. The summed E-state index contributed by atoms with van der Waals surface area (Å²) in [4.78, 5) is -0.297. The third kappa shape index (κ3) is 3.27. The molecule has 0 aliphatic carbocycles. The van der Waals surface area contributed by atoms with E-state index in [0.29, 0.717) is 0 Å². The van der Waals surface area contributed by atoms with E-state index in [1.165, 1.54) is 18.4 Å². The summed E-state index contributed by atoms with van der Waals surface area (Å²) in [7, 11) is -4.02. The predicted octanol–water partition coefficient (Wildman–Crippen LogP) is 2.40. The van der Waals surface area contributed by atoms with Gasteiger partial charge in [0.25, 0.3) is 10.0 Å². The number of sulfonamides is 1. The Labute approximate surface area is 115 Å². The molecule has 0 saturated heterocycles. The summed E-state index contributed by atoms with van der Waals surface area (Å²) < 4.78 is 49.8. The zero-order chi connectivity index (χ0) is 14.8. The van der Waals surface area contributed by atoms with Gasteiger partial charge in [0.05, 0.1) is 6.10 Å². The molecule has 0 bridgehead atoms. The highest BCUT2D eigenvalue weighted by atomic mass is 32.2. The number of benzene rings is 1. The Kier molecular flexibility index (Phi) is 3.93. The van der Waals surface area contributed by atoms with E-state index < -0.39 is 15.8 Å². The van der Waals surface area contributed by atoms with E-state index in [-0.39, 0.29) is 22.6 Å². The lowest BCUT2D eigenvalue weighted by Crippen LogP contribution is -2.16. The van der Waals surface area contributed by atoms with Gasteiger partial charge in [-0.1, -0.05) is 5.16 Å². The van der Waals surface area contributed by atoms with Crippen LogP contribution in [0.25, 0.3) is 0 Å². The van der Waals surface area contributed by atoms with Crippen LogP contribution in [0.15, 0.2) is 39.9 Å². The molecule has 0 unspecified atom stereocenters. The van der Waals surface area contributed by atoms with Crippen LogP contribution in [0.2, 0.25) is 0 Å². The maximum absolute atomic E-state index is 13.3. The number of ether oxygens (including phenoxy) is 1. The Morgan fingerprint density at radius 2 is 2.10 bits per heavy atom. The first-order valence-electron chi connectivity index (χ1n) is 5.78. The van der Waals surface area contributed by atoms with Gasteiger partial charge in [0.1, 0.15) is 22.7 Å². The highest BCUT2D eigenvalue weighted by molar-refractivity contribution is 7.92. The molecule has 0 atom stereocenters. The zero-order valence-electron chi connectivity index (χ0n) is 10.8. The van der Waals surface area contributed by atoms with Crippen LogP contribution < -0.4 is 9.46 Å². The standard InChI is InChI=1S/C12H13FN2O4S/c1-8(2)19-10-4-3-9(13)7-11(10)20(16,17)15-12-5-6-18-14-12/h3-8H,1-2H3,(H,14,15). The monoisotopic (exact) mass is 300 g/mol. The molecule has 2 aromatic rings. The first-order chi connectivity index (χ1) is 9.38. The second kappa shape index (κ2) is 5.49. The van der Waals surface area contributed by atoms with Gasteiger partial charge in [-0.15, -0.1) is 0 Å². The summed E-state index contributed by atoms with van der Waals surface area (Å²) in [6.07, 6.45) is 0.969. The summed E-state index contributed by atoms with van der Waals surface area (Å²) in [6.45, 7) is 3.48. The molecule has 1 N–H and O–H groups in total. The topological polar surface area (TPSA) is 81.4 Å². The molecule has 6 nitrogen and oxygen atoms in total. The Balaban J connectivity index is 2.41. The number of rotatable bonds is 5. The number of hydrogen-bond acceptors (Lipinski definition) is 5. The van der Waals surface area contributed by atoms with Gasteiger partial charge in [-0.25, -0.2) is 12.8 Å². The van der Waals surface area contributed by atoms with Crippen LogP contribution in [-0.2, 0) is 10.0 Å². The zero-order valence-corrected chi connectivity index (χ0v) is 11.6. The van der Waals surface area contributed by atoms with Gasteiger partial charge >= 0.3 is 0 Å². The fourth-order valence-electron chi connectivity index (χ4n) is 1.50. The van der Waals surface area contributed by atoms with Gasteiger partial charge < -0.3 is 9.26 Å². The van der Waals surface area contributed by atoms with Crippen molar-refractivity contribution in [2.75, 3.05) is 4.72 Å². The van der Waals surface area contributed by atoms with Crippen LogP contribution >= 0.6 is 0 Å². The average molecular weight is 300 g/mol. The minimum atomic E-state index is -4.02. The molecular weight excluding hydrogens is 287 g/mol. The Morgan fingerprint density at radius 1 is 1.35 bits per heavy atom. The Hall–Kier alpha value is -2.09. The highest BCUT2D eigenvalue weighted by Crippen LogP contribution is 2.27. The molecule has 8 heteroatoms. The lowest BCUT2D eigenvalue weighted by atomic mass is 10.3. The van der Waals surface area contributed by atoms with Gasteiger partial charge in [-0.05, 0) is 32.0 Å². The number of aromatic nitrogens is 1. The molecule has 0 aliphatic heterocycles. The molecule has 0 amide bonds. The number of nitrogens with one attached hydrogen (secondary N) is 1. The summed E-state index contributed by atoms with van der Waals surface area (Å²) in [5.74, 6) is -0.608. The molecule has 0 saturated carbocycles. The van der Waals surface area contributed by atoms with Crippen molar-refractivity contribution >= 4 is 15.8 Å². The van der Waals surface area contributed by atoms with Crippen molar-refractivity contribution < 1.29 is 22.1 Å². The lowest BCUT2D eigenvalue weighted by molar-refractivity contribution is 0.235. The molecule has 1 aromatic heterocycles. The minimum Gasteiger partial charge on any atom is -0.490 e. The van der Waals surface area contributed by atoms with Crippen molar-refractivity contribution in [1.82, 2.24) is 5.16 Å². The summed E-state index contributed by atoms with van der Waals surface area (Å²) in [6, 6.07) is 4.62. The third-order valence-electron chi connectivity index (χ3n) is 2.23. The van der Waals surface area contributed by atoms with Crippen LogP contribution in [0.5, 0.6) is 5.75 Å². The molecule has 20 heavy (non-hydrogen) atoms. The number of halogens is 1. The van der Waals surface area contributed by atoms with Crippen LogP contribution in [-0.4, -0.2) is 19.7 Å². The fourth-order valence-corrected chi connectivity index (χ4v) is 2.64. The maximum atomic E-state index is 13.3. The second-order valence-corrected chi connectivity index (χ2v) is 5.90. The Morgan fingerprint density at radius 3 is 2.70 bits per heavy atom.